The average Bonchev–Trinajstić information content (AvgIpc) is 2.92. The summed E-state index contributed by atoms with van der Waals surface area (Å²) in [6.45, 7) is 3.78. The first-order chi connectivity index (χ1) is 10.3. The number of aromatic hydroxyl groups is 1. The van der Waals surface area contributed by atoms with E-state index in [0.29, 0.717) is 25.5 Å². The smallest absolute Gasteiger partial charge is 0.161 e. The van der Waals surface area contributed by atoms with Crippen LogP contribution in [0.1, 0.15) is 24.1 Å². The highest BCUT2D eigenvalue weighted by Gasteiger charge is 2.22. The second kappa shape index (κ2) is 6.06. The van der Waals surface area contributed by atoms with Crippen molar-refractivity contribution in [3.63, 3.8) is 0 Å². The third kappa shape index (κ3) is 2.95. The molecule has 2 N–H and O–H groups in total. The molecule has 1 unspecified atom stereocenters. The first-order valence-electron chi connectivity index (χ1n) is 7.17. The Kier molecular flexibility index (Phi) is 3.97. The van der Waals surface area contributed by atoms with Crippen molar-refractivity contribution in [2.24, 2.45) is 0 Å². The van der Waals surface area contributed by atoms with Gasteiger partial charge in [-0.05, 0) is 30.7 Å². The third-order valence-electron chi connectivity index (χ3n) is 3.58. The molecular formula is C17H19NO3. The number of rotatable bonds is 5. The van der Waals surface area contributed by atoms with Gasteiger partial charge in [0.1, 0.15) is 12.4 Å². The Morgan fingerprint density at radius 3 is 3.00 bits per heavy atom. The lowest BCUT2D eigenvalue weighted by Gasteiger charge is -2.13. The van der Waals surface area contributed by atoms with Crippen LogP contribution in [0.5, 0.6) is 17.2 Å². The SMILES string of the molecule is CCOc1cc(CNC2COc3ccccc32)ccc1O. The van der Waals surface area contributed by atoms with Crippen LogP contribution in [-0.2, 0) is 6.54 Å². The molecule has 4 heteroatoms. The quantitative estimate of drug-likeness (QED) is 0.886. The minimum atomic E-state index is 0.176. The minimum absolute atomic E-state index is 0.176. The molecule has 21 heavy (non-hydrogen) atoms. The Bertz CT molecular complexity index is 627. The maximum atomic E-state index is 9.71. The highest BCUT2D eigenvalue weighted by Crippen LogP contribution is 2.32. The molecule has 0 amide bonds. The van der Waals surface area contributed by atoms with Crippen LogP contribution in [0.15, 0.2) is 42.5 Å². The molecule has 1 aliphatic rings. The van der Waals surface area contributed by atoms with Crippen LogP contribution in [0, 0.1) is 0 Å². The number of phenols is 1. The van der Waals surface area contributed by atoms with Crippen molar-refractivity contribution in [2.75, 3.05) is 13.2 Å². The average molecular weight is 285 g/mol. The van der Waals surface area contributed by atoms with Crippen LogP contribution in [0.2, 0.25) is 0 Å². The molecule has 0 radical (unpaired) electrons. The molecule has 0 spiro atoms. The van der Waals surface area contributed by atoms with E-state index in [4.69, 9.17) is 9.47 Å². The molecule has 110 valence electrons. The van der Waals surface area contributed by atoms with Gasteiger partial charge in [-0.2, -0.15) is 0 Å². The van der Waals surface area contributed by atoms with Gasteiger partial charge in [0.05, 0.1) is 12.6 Å². The summed E-state index contributed by atoms with van der Waals surface area (Å²) in [7, 11) is 0. The fourth-order valence-corrected chi connectivity index (χ4v) is 2.51. The predicted molar refractivity (Wildman–Crippen MR) is 80.8 cm³/mol. The first-order valence-corrected chi connectivity index (χ1v) is 7.17. The monoisotopic (exact) mass is 285 g/mol. The van der Waals surface area contributed by atoms with E-state index in [0.717, 1.165) is 11.3 Å². The molecule has 1 atom stereocenters. The highest BCUT2D eigenvalue weighted by molar-refractivity contribution is 5.42. The van der Waals surface area contributed by atoms with Crippen molar-refractivity contribution in [1.82, 2.24) is 5.32 Å². The van der Waals surface area contributed by atoms with Crippen molar-refractivity contribution < 1.29 is 14.6 Å². The van der Waals surface area contributed by atoms with E-state index in [9.17, 15) is 5.11 Å². The van der Waals surface area contributed by atoms with Gasteiger partial charge < -0.3 is 19.9 Å². The highest BCUT2D eigenvalue weighted by atomic mass is 16.5. The number of benzene rings is 2. The van der Waals surface area contributed by atoms with Crippen LogP contribution >= 0.6 is 0 Å². The van der Waals surface area contributed by atoms with Crippen molar-refractivity contribution in [1.29, 1.82) is 0 Å². The zero-order valence-corrected chi connectivity index (χ0v) is 12.0. The molecule has 0 aliphatic carbocycles. The third-order valence-corrected chi connectivity index (χ3v) is 3.58. The second-order valence-electron chi connectivity index (χ2n) is 5.02. The van der Waals surface area contributed by atoms with Gasteiger partial charge >= 0.3 is 0 Å². The lowest BCUT2D eigenvalue weighted by molar-refractivity contribution is 0.309. The van der Waals surface area contributed by atoms with E-state index in [1.165, 1.54) is 5.56 Å². The van der Waals surface area contributed by atoms with Gasteiger partial charge in [-0.15, -0.1) is 0 Å². The van der Waals surface area contributed by atoms with Crippen molar-refractivity contribution >= 4 is 0 Å². The summed E-state index contributed by atoms with van der Waals surface area (Å²) in [5.41, 5.74) is 2.27. The summed E-state index contributed by atoms with van der Waals surface area (Å²) in [5.74, 6) is 1.66. The van der Waals surface area contributed by atoms with E-state index in [1.807, 2.05) is 37.3 Å². The maximum Gasteiger partial charge on any atom is 0.161 e. The zero-order chi connectivity index (χ0) is 14.7. The fourth-order valence-electron chi connectivity index (χ4n) is 2.51. The number of phenolic OH excluding ortho intramolecular Hbond substituents is 1. The van der Waals surface area contributed by atoms with Crippen LogP contribution in [-0.4, -0.2) is 18.3 Å². The van der Waals surface area contributed by atoms with E-state index in [2.05, 4.69) is 11.4 Å². The van der Waals surface area contributed by atoms with E-state index in [-0.39, 0.29) is 11.8 Å². The van der Waals surface area contributed by atoms with Crippen LogP contribution in [0.25, 0.3) is 0 Å². The van der Waals surface area contributed by atoms with Crippen LogP contribution in [0.3, 0.4) is 0 Å². The Morgan fingerprint density at radius 2 is 2.14 bits per heavy atom. The zero-order valence-electron chi connectivity index (χ0n) is 12.0. The standard InChI is InChI=1S/C17H19NO3/c1-2-20-17-9-12(7-8-15(17)19)10-18-14-11-21-16-6-4-3-5-13(14)16/h3-9,14,18-19H,2,10-11H2,1H3. The molecular weight excluding hydrogens is 266 g/mol. The number of hydrogen-bond acceptors (Lipinski definition) is 4. The fraction of sp³-hybridized carbons (Fsp3) is 0.294. The van der Waals surface area contributed by atoms with Gasteiger partial charge in [-0.3, -0.25) is 0 Å². The molecule has 0 saturated heterocycles. The van der Waals surface area contributed by atoms with Gasteiger partial charge in [0, 0.05) is 12.1 Å². The summed E-state index contributed by atoms with van der Waals surface area (Å²) in [5, 5.41) is 13.2. The molecule has 0 bridgehead atoms. The predicted octanol–water partition coefficient (Wildman–Crippen LogP) is 3.01. The molecule has 1 aliphatic heterocycles. The van der Waals surface area contributed by atoms with E-state index < -0.39 is 0 Å². The summed E-state index contributed by atoms with van der Waals surface area (Å²) < 4.78 is 11.1. The topological polar surface area (TPSA) is 50.7 Å². The Labute approximate surface area is 124 Å². The number of hydrogen-bond donors (Lipinski definition) is 2. The number of fused-ring (bicyclic) bond motifs is 1. The number of nitrogens with one attached hydrogen (secondary N) is 1. The first kappa shape index (κ1) is 13.8. The number of ether oxygens (including phenoxy) is 2. The van der Waals surface area contributed by atoms with Crippen molar-refractivity contribution in [2.45, 2.75) is 19.5 Å². The van der Waals surface area contributed by atoms with Gasteiger partial charge in [-0.1, -0.05) is 24.3 Å². The van der Waals surface area contributed by atoms with Crippen LogP contribution < -0.4 is 14.8 Å². The van der Waals surface area contributed by atoms with Gasteiger partial charge in [0.15, 0.2) is 11.5 Å². The summed E-state index contributed by atoms with van der Waals surface area (Å²) in [6.07, 6.45) is 0. The summed E-state index contributed by atoms with van der Waals surface area (Å²) in [4.78, 5) is 0. The maximum absolute atomic E-state index is 9.71. The molecule has 3 rings (SSSR count). The molecule has 0 fully saturated rings. The Morgan fingerprint density at radius 1 is 1.29 bits per heavy atom. The Balaban J connectivity index is 1.67. The normalized spacial score (nSPS) is 16.3. The molecule has 1 heterocycles. The van der Waals surface area contributed by atoms with Crippen molar-refractivity contribution in [3.8, 4) is 17.2 Å². The summed E-state index contributed by atoms with van der Waals surface area (Å²) >= 11 is 0. The molecule has 2 aromatic rings. The van der Waals surface area contributed by atoms with Crippen molar-refractivity contribution in [3.05, 3.63) is 53.6 Å². The lowest BCUT2D eigenvalue weighted by Crippen LogP contribution is -2.21. The van der Waals surface area contributed by atoms with Crippen LogP contribution in [0.4, 0.5) is 0 Å². The second-order valence-corrected chi connectivity index (χ2v) is 5.02. The molecule has 2 aromatic carbocycles. The molecule has 4 nitrogen and oxygen atoms in total. The Hall–Kier alpha value is -2.20. The summed E-state index contributed by atoms with van der Waals surface area (Å²) in [6, 6.07) is 13.7. The van der Waals surface area contributed by atoms with Gasteiger partial charge in [0.25, 0.3) is 0 Å². The molecule has 0 aromatic heterocycles. The van der Waals surface area contributed by atoms with Gasteiger partial charge in [0.2, 0.25) is 0 Å². The van der Waals surface area contributed by atoms with E-state index >= 15 is 0 Å². The number of para-hydroxylation sites is 1. The lowest BCUT2D eigenvalue weighted by atomic mass is 10.1. The largest absolute Gasteiger partial charge is 0.504 e. The van der Waals surface area contributed by atoms with Gasteiger partial charge in [-0.25, -0.2) is 0 Å². The molecule has 0 saturated carbocycles. The minimum Gasteiger partial charge on any atom is -0.504 e. The van der Waals surface area contributed by atoms with E-state index in [1.54, 1.807) is 6.07 Å².